The molecule has 0 aromatic heterocycles. The van der Waals surface area contributed by atoms with Crippen LogP contribution in [0, 0.1) is 5.92 Å². The van der Waals surface area contributed by atoms with Gasteiger partial charge in [-0.05, 0) is 30.6 Å². The van der Waals surface area contributed by atoms with Crippen LogP contribution in [0.25, 0.3) is 0 Å². The van der Waals surface area contributed by atoms with Crippen molar-refractivity contribution >= 4 is 22.6 Å². The van der Waals surface area contributed by atoms with Gasteiger partial charge in [0.05, 0.1) is 0 Å². The topological polar surface area (TPSA) is 27.7 Å². The van der Waals surface area contributed by atoms with Crippen LogP contribution < -0.4 is 0 Å². The fourth-order valence-corrected chi connectivity index (χ4v) is 2.15. The zero-order chi connectivity index (χ0) is 14.2. The Morgan fingerprint density at radius 3 is 1.89 bits per heavy atom. The highest BCUT2D eigenvalue weighted by molar-refractivity contribution is 14.1. The van der Waals surface area contributed by atoms with Crippen LogP contribution in [0.2, 0.25) is 0 Å². The van der Waals surface area contributed by atoms with E-state index >= 15 is 0 Å². The van der Waals surface area contributed by atoms with Gasteiger partial charge in [-0.25, -0.2) is 0 Å². The van der Waals surface area contributed by atoms with Gasteiger partial charge >= 0.3 is 0 Å². The second-order valence-electron chi connectivity index (χ2n) is 4.76. The Morgan fingerprint density at radius 1 is 0.842 bits per heavy atom. The predicted octanol–water partition coefficient (Wildman–Crippen LogP) is 4.77. The Balaban J connectivity index is 0.000000344. The Kier molecular flexibility index (Phi) is 17.2. The highest BCUT2D eigenvalue weighted by Crippen LogP contribution is 2.34. The first-order chi connectivity index (χ1) is 9.35. The minimum Gasteiger partial charge on any atom is -0.356 e. The Labute approximate surface area is 132 Å². The first-order valence-electron chi connectivity index (χ1n) is 7.64. The maximum atomic E-state index is 4.88. The van der Waals surface area contributed by atoms with Crippen molar-refractivity contribution in [3.63, 3.8) is 0 Å². The molecule has 19 heavy (non-hydrogen) atoms. The van der Waals surface area contributed by atoms with E-state index in [-0.39, 0.29) is 0 Å². The van der Waals surface area contributed by atoms with Gasteiger partial charge in [0.2, 0.25) is 0 Å². The number of unbranched alkanes of at least 4 members (excludes halogenated alkanes) is 3. The molecule has 0 aromatic rings. The Morgan fingerprint density at radius 2 is 1.42 bits per heavy atom. The molecule has 0 saturated heterocycles. The molecule has 0 spiro atoms. The molecule has 0 unspecified atom stereocenters. The average molecular weight is 386 g/mol. The van der Waals surface area contributed by atoms with Gasteiger partial charge < -0.3 is 14.2 Å². The third-order valence-corrected chi connectivity index (χ3v) is 3.70. The number of hydrogen-bond acceptors (Lipinski definition) is 3. The lowest BCUT2D eigenvalue weighted by Crippen LogP contribution is -2.03. The van der Waals surface area contributed by atoms with Crippen LogP contribution in [-0.4, -0.2) is 31.2 Å². The standard InChI is InChI=1S/C9H17I.C6H14O3/c10-8-4-2-1-3-5-9-6-7-9;1-3-7-5-9-6-8-4-2/h9H,1-8H2;3-6H2,1-2H3. The van der Waals surface area contributed by atoms with Gasteiger partial charge in [0.15, 0.2) is 0 Å². The monoisotopic (exact) mass is 386 g/mol. The molecule has 4 heteroatoms. The van der Waals surface area contributed by atoms with Crippen molar-refractivity contribution in [1.29, 1.82) is 0 Å². The molecule has 1 aliphatic rings. The molecule has 0 bridgehead atoms. The van der Waals surface area contributed by atoms with E-state index < -0.39 is 0 Å². The fourth-order valence-electron chi connectivity index (χ4n) is 1.61. The largest absolute Gasteiger partial charge is 0.356 e. The third-order valence-electron chi connectivity index (χ3n) is 2.93. The van der Waals surface area contributed by atoms with E-state index in [9.17, 15) is 0 Å². The summed E-state index contributed by atoms with van der Waals surface area (Å²) in [6.07, 6.45) is 10.5. The van der Waals surface area contributed by atoms with Crippen molar-refractivity contribution in [2.75, 3.05) is 31.2 Å². The maximum absolute atomic E-state index is 4.88. The third kappa shape index (κ3) is 18.6. The van der Waals surface area contributed by atoms with E-state index in [1.807, 2.05) is 13.8 Å². The molecule has 116 valence electrons. The Hall–Kier alpha value is 0.610. The van der Waals surface area contributed by atoms with Gasteiger partial charge in [-0.3, -0.25) is 0 Å². The number of hydrogen-bond donors (Lipinski definition) is 0. The molecule has 1 rings (SSSR count). The van der Waals surface area contributed by atoms with Gasteiger partial charge in [0.1, 0.15) is 13.6 Å². The molecular formula is C15H31IO3. The molecule has 0 atom stereocenters. The van der Waals surface area contributed by atoms with Crippen molar-refractivity contribution < 1.29 is 14.2 Å². The summed E-state index contributed by atoms with van der Waals surface area (Å²) in [5.74, 6) is 1.15. The lowest BCUT2D eigenvalue weighted by atomic mass is 10.1. The van der Waals surface area contributed by atoms with Crippen molar-refractivity contribution in [1.82, 2.24) is 0 Å². The van der Waals surface area contributed by atoms with E-state index in [0.717, 1.165) is 5.92 Å². The van der Waals surface area contributed by atoms with E-state index in [0.29, 0.717) is 26.8 Å². The van der Waals surface area contributed by atoms with E-state index in [2.05, 4.69) is 22.6 Å². The number of rotatable bonds is 12. The van der Waals surface area contributed by atoms with Crippen LogP contribution in [-0.2, 0) is 14.2 Å². The summed E-state index contributed by atoms with van der Waals surface area (Å²) in [7, 11) is 0. The van der Waals surface area contributed by atoms with Gasteiger partial charge in [0, 0.05) is 13.2 Å². The molecule has 0 aliphatic heterocycles. The second-order valence-corrected chi connectivity index (χ2v) is 5.84. The quantitative estimate of drug-likeness (QED) is 0.209. The lowest BCUT2D eigenvalue weighted by Gasteiger charge is -2.02. The summed E-state index contributed by atoms with van der Waals surface area (Å²) < 4.78 is 16.0. The van der Waals surface area contributed by atoms with Gasteiger partial charge in [0.25, 0.3) is 0 Å². The molecule has 0 aromatic carbocycles. The molecule has 0 radical (unpaired) electrons. The smallest absolute Gasteiger partial charge is 0.149 e. The van der Waals surface area contributed by atoms with Crippen LogP contribution >= 0.6 is 22.6 Å². The maximum Gasteiger partial charge on any atom is 0.149 e. The molecule has 1 fully saturated rings. The first kappa shape index (κ1) is 19.6. The molecule has 0 heterocycles. The van der Waals surface area contributed by atoms with Crippen LogP contribution in [0.15, 0.2) is 0 Å². The number of alkyl halides is 1. The van der Waals surface area contributed by atoms with Crippen molar-refractivity contribution in [3.8, 4) is 0 Å². The van der Waals surface area contributed by atoms with Crippen molar-refractivity contribution in [2.24, 2.45) is 5.92 Å². The zero-order valence-electron chi connectivity index (χ0n) is 12.7. The second kappa shape index (κ2) is 16.7. The summed E-state index contributed by atoms with van der Waals surface area (Å²) in [5.41, 5.74) is 0. The van der Waals surface area contributed by atoms with Crippen molar-refractivity contribution in [2.45, 2.75) is 58.8 Å². The minimum atomic E-state index is 0.330. The first-order valence-corrected chi connectivity index (χ1v) is 9.16. The summed E-state index contributed by atoms with van der Waals surface area (Å²) in [4.78, 5) is 0. The molecule has 0 N–H and O–H groups in total. The van der Waals surface area contributed by atoms with E-state index in [4.69, 9.17) is 14.2 Å². The average Bonchev–Trinajstić information content (AvgIpc) is 3.23. The van der Waals surface area contributed by atoms with Crippen LogP contribution in [0.4, 0.5) is 0 Å². The highest BCUT2D eigenvalue weighted by Gasteiger charge is 2.19. The fraction of sp³-hybridized carbons (Fsp3) is 1.00. The van der Waals surface area contributed by atoms with Crippen LogP contribution in [0.3, 0.4) is 0 Å². The predicted molar refractivity (Wildman–Crippen MR) is 88.8 cm³/mol. The molecule has 1 saturated carbocycles. The molecule has 1 aliphatic carbocycles. The van der Waals surface area contributed by atoms with Crippen molar-refractivity contribution in [3.05, 3.63) is 0 Å². The molecular weight excluding hydrogens is 355 g/mol. The lowest BCUT2D eigenvalue weighted by molar-refractivity contribution is -0.126. The SMILES string of the molecule is CCOCOCOCC.ICCCCCCC1CC1. The van der Waals surface area contributed by atoms with Gasteiger partial charge in [-0.1, -0.05) is 61.1 Å². The van der Waals surface area contributed by atoms with Gasteiger partial charge in [-0.2, -0.15) is 0 Å². The van der Waals surface area contributed by atoms with Crippen LogP contribution in [0.1, 0.15) is 58.8 Å². The summed E-state index contributed by atoms with van der Waals surface area (Å²) in [5, 5.41) is 0. The van der Waals surface area contributed by atoms with E-state index in [1.54, 1.807) is 0 Å². The van der Waals surface area contributed by atoms with E-state index in [1.165, 1.54) is 49.4 Å². The summed E-state index contributed by atoms with van der Waals surface area (Å²) in [6.45, 7) is 5.87. The number of halogens is 1. The molecule has 3 nitrogen and oxygen atoms in total. The molecule has 0 amide bonds. The normalized spacial score (nSPS) is 14.1. The minimum absolute atomic E-state index is 0.330. The number of ether oxygens (including phenoxy) is 3. The summed E-state index contributed by atoms with van der Waals surface area (Å²) >= 11 is 2.46. The Bertz CT molecular complexity index is 157. The van der Waals surface area contributed by atoms with Gasteiger partial charge in [-0.15, -0.1) is 0 Å². The summed E-state index contributed by atoms with van der Waals surface area (Å²) in [6, 6.07) is 0. The van der Waals surface area contributed by atoms with Crippen LogP contribution in [0.5, 0.6) is 0 Å². The highest BCUT2D eigenvalue weighted by atomic mass is 127. The zero-order valence-corrected chi connectivity index (χ0v) is 14.8.